The average Bonchev–Trinajstić information content (AvgIpc) is 2.14. The summed E-state index contributed by atoms with van der Waals surface area (Å²) in [6.07, 6.45) is 6.52. The molecule has 0 unspecified atom stereocenters. The van der Waals surface area contributed by atoms with Crippen molar-refractivity contribution in [1.82, 2.24) is 0 Å². The minimum atomic E-state index is -0.604. The third kappa shape index (κ3) is 1.60. The highest BCUT2D eigenvalue weighted by atomic mass is 16.6. The van der Waals surface area contributed by atoms with Crippen molar-refractivity contribution in [3.05, 3.63) is 0 Å². The van der Waals surface area contributed by atoms with Crippen molar-refractivity contribution >= 4 is 11.8 Å². The van der Waals surface area contributed by atoms with Gasteiger partial charge in [-0.05, 0) is 32.1 Å². The Bertz CT molecular complexity index is 239. The topological polar surface area (TPSA) is 43.4 Å². The van der Waals surface area contributed by atoms with Gasteiger partial charge in [-0.1, -0.05) is 6.42 Å². The van der Waals surface area contributed by atoms with Crippen LogP contribution in [0.1, 0.15) is 44.9 Å². The molecule has 72 valence electrons. The fourth-order valence-corrected chi connectivity index (χ4v) is 2.30. The Kier molecular flexibility index (Phi) is 2.10. The SMILES string of the molecule is O=C1CCC2(CCCCC2)OC1=O. The lowest BCUT2D eigenvalue weighted by molar-refractivity contribution is -0.176. The summed E-state index contributed by atoms with van der Waals surface area (Å²) in [4.78, 5) is 22.0. The molecule has 1 saturated heterocycles. The van der Waals surface area contributed by atoms with Gasteiger partial charge in [0.1, 0.15) is 5.60 Å². The Morgan fingerprint density at radius 2 is 1.69 bits per heavy atom. The van der Waals surface area contributed by atoms with Gasteiger partial charge in [-0.25, -0.2) is 4.79 Å². The highest BCUT2D eigenvalue weighted by Crippen LogP contribution is 2.37. The molecule has 13 heavy (non-hydrogen) atoms. The summed E-state index contributed by atoms with van der Waals surface area (Å²) in [6.45, 7) is 0. The second-order valence-corrected chi connectivity index (χ2v) is 4.06. The van der Waals surface area contributed by atoms with E-state index in [1.54, 1.807) is 0 Å². The molecule has 0 N–H and O–H groups in total. The molecule has 0 aromatic carbocycles. The van der Waals surface area contributed by atoms with Crippen molar-refractivity contribution in [2.24, 2.45) is 0 Å². The molecule has 1 spiro atoms. The van der Waals surface area contributed by atoms with Gasteiger partial charge in [-0.15, -0.1) is 0 Å². The van der Waals surface area contributed by atoms with Gasteiger partial charge in [-0.3, -0.25) is 4.79 Å². The van der Waals surface area contributed by atoms with Crippen LogP contribution in [0, 0.1) is 0 Å². The van der Waals surface area contributed by atoms with Crippen LogP contribution >= 0.6 is 0 Å². The van der Waals surface area contributed by atoms with Crippen molar-refractivity contribution < 1.29 is 14.3 Å². The Hall–Kier alpha value is -0.860. The number of carbonyl (C=O) groups excluding carboxylic acids is 2. The molecule has 0 aromatic rings. The lowest BCUT2D eigenvalue weighted by Gasteiger charge is -2.38. The van der Waals surface area contributed by atoms with E-state index in [0.29, 0.717) is 6.42 Å². The van der Waals surface area contributed by atoms with Crippen molar-refractivity contribution in [1.29, 1.82) is 0 Å². The fourth-order valence-electron chi connectivity index (χ4n) is 2.30. The first kappa shape index (κ1) is 8.73. The molecule has 1 aliphatic heterocycles. The molecule has 0 aromatic heterocycles. The van der Waals surface area contributed by atoms with E-state index in [1.807, 2.05) is 0 Å². The van der Waals surface area contributed by atoms with E-state index in [0.717, 1.165) is 32.1 Å². The quantitative estimate of drug-likeness (QED) is 0.422. The van der Waals surface area contributed by atoms with E-state index in [1.165, 1.54) is 6.42 Å². The van der Waals surface area contributed by atoms with Crippen LogP contribution in [0.15, 0.2) is 0 Å². The standard InChI is InChI=1S/C10H14O3/c11-8-4-7-10(13-9(8)12)5-2-1-3-6-10/h1-7H2. The molecular weight excluding hydrogens is 168 g/mol. The van der Waals surface area contributed by atoms with E-state index in [9.17, 15) is 9.59 Å². The predicted octanol–water partition coefficient (Wildman–Crippen LogP) is 1.60. The van der Waals surface area contributed by atoms with Crippen LogP contribution in [0.3, 0.4) is 0 Å². The average molecular weight is 182 g/mol. The van der Waals surface area contributed by atoms with Crippen LogP contribution in [0.4, 0.5) is 0 Å². The molecule has 3 heteroatoms. The number of hydrogen-bond acceptors (Lipinski definition) is 3. The van der Waals surface area contributed by atoms with Crippen LogP contribution in [-0.4, -0.2) is 17.4 Å². The molecule has 3 nitrogen and oxygen atoms in total. The fraction of sp³-hybridized carbons (Fsp3) is 0.800. The Labute approximate surface area is 77.4 Å². The summed E-state index contributed by atoms with van der Waals surface area (Å²) >= 11 is 0. The predicted molar refractivity (Wildman–Crippen MR) is 46.1 cm³/mol. The lowest BCUT2D eigenvalue weighted by atomic mass is 9.79. The second-order valence-electron chi connectivity index (χ2n) is 4.06. The van der Waals surface area contributed by atoms with E-state index < -0.39 is 5.97 Å². The van der Waals surface area contributed by atoms with Crippen molar-refractivity contribution in [2.75, 3.05) is 0 Å². The minimum Gasteiger partial charge on any atom is -0.453 e. The maximum absolute atomic E-state index is 11.1. The van der Waals surface area contributed by atoms with Crippen molar-refractivity contribution in [3.63, 3.8) is 0 Å². The summed E-state index contributed by atoms with van der Waals surface area (Å²) < 4.78 is 5.24. The third-order valence-corrected chi connectivity index (χ3v) is 3.11. The zero-order valence-electron chi connectivity index (χ0n) is 7.67. The van der Waals surface area contributed by atoms with Crippen LogP contribution in [0.25, 0.3) is 0 Å². The van der Waals surface area contributed by atoms with Gasteiger partial charge in [0.15, 0.2) is 0 Å². The van der Waals surface area contributed by atoms with Gasteiger partial charge in [-0.2, -0.15) is 0 Å². The van der Waals surface area contributed by atoms with Gasteiger partial charge < -0.3 is 4.74 Å². The molecule has 0 amide bonds. The van der Waals surface area contributed by atoms with Gasteiger partial charge in [0.2, 0.25) is 5.78 Å². The third-order valence-electron chi connectivity index (χ3n) is 3.11. The van der Waals surface area contributed by atoms with Gasteiger partial charge >= 0.3 is 5.97 Å². The largest absolute Gasteiger partial charge is 0.453 e. The second kappa shape index (κ2) is 3.13. The molecule has 2 fully saturated rings. The maximum Gasteiger partial charge on any atom is 0.375 e. The number of esters is 1. The summed E-state index contributed by atoms with van der Waals surface area (Å²) in [7, 11) is 0. The summed E-state index contributed by atoms with van der Waals surface area (Å²) in [5.74, 6) is -0.954. The van der Waals surface area contributed by atoms with Crippen molar-refractivity contribution in [3.8, 4) is 0 Å². The highest BCUT2D eigenvalue weighted by Gasteiger charge is 2.41. The minimum absolute atomic E-state index is 0.261. The molecule has 1 saturated carbocycles. The van der Waals surface area contributed by atoms with Gasteiger partial charge in [0.25, 0.3) is 0 Å². The Balaban J connectivity index is 2.07. The zero-order valence-corrected chi connectivity index (χ0v) is 7.67. The summed E-state index contributed by atoms with van der Waals surface area (Å²) in [6, 6.07) is 0. The first-order valence-corrected chi connectivity index (χ1v) is 4.98. The Morgan fingerprint density at radius 1 is 1.00 bits per heavy atom. The number of rotatable bonds is 0. The number of ether oxygens (including phenoxy) is 1. The molecule has 0 atom stereocenters. The molecular formula is C10H14O3. The molecule has 2 aliphatic rings. The number of carbonyl (C=O) groups is 2. The normalized spacial score (nSPS) is 27.4. The first-order chi connectivity index (χ1) is 6.22. The lowest BCUT2D eigenvalue weighted by Crippen LogP contribution is -2.44. The van der Waals surface area contributed by atoms with E-state index in [-0.39, 0.29) is 11.4 Å². The van der Waals surface area contributed by atoms with Crippen LogP contribution in [0.5, 0.6) is 0 Å². The van der Waals surface area contributed by atoms with E-state index >= 15 is 0 Å². The van der Waals surface area contributed by atoms with Crippen LogP contribution in [-0.2, 0) is 14.3 Å². The molecule has 2 rings (SSSR count). The van der Waals surface area contributed by atoms with E-state index in [4.69, 9.17) is 4.74 Å². The smallest absolute Gasteiger partial charge is 0.375 e. The number of hydrogen-bond donors (Lipinski definition) is 0. The number of Topliss-reactive ketones (excluding diaryl/α,β-unsaturated/α-hetero) is 1. The van der Waals surface area contributed by atoms with Crippen LogP contribution in [0.2, 0.25) is 0 Å². The summed E-state index contributed by atoms with van der Waals surface area (Å²) in [5.41, 5.74) is -0.261. The molecule has 1 heterocycles. The number of ketones is 1. The summed E-state index contributed by atoms with van der Waals surface area (Å²) in [5, 5.41) is 0. The van der Waals surface area contributed by atoms with E-state index in [2.05, 4.69) is 0 Å². The first-order valence-electron chi connectivity index (χ1n) is 4.98. The Morgan fingerprint density at radius 3 is 2.31 bits per heavy atom. The highest BCUT2D eigenvalue weighted by molar-refractivity contribution is 6.34. The van der Waals surface area contributed by atoms with Crippen molar-refractivity contribution in [2.45, 2.75) is 50.5 Å². The molecule has 0 radical (unpaired) electrons. The molecule has 1 aliphatic carbocycles. The molecule has 0 bridgehead atoms. The maximum atomic E-state index is 11.1. The zero-order chi connectivity index (χ0) is 9.31. The monoisotopic (exact) mass is 182 g/mol. The van der Waals surface area contributed by atoms with Gasteiger partial charge in [0, 0.05) is 6.42 Å². The van der Waals surface area contributed by atoms with Crippen LogP contribution < -0.4 is 0 Å². The van der Waals surface area contributed by atoms with Gasteiger partial charge in [0.05, 0.1) is 0 Å².